The molecule has 0 bridgehead atoms. The van der Waals surface area contributed by atoms with Crippen molar-refractivity contribution in [1.29, 1.82) is 0 Å². The van der Waals surface area contributed by atoms with Crippen LogP contribution in [0.5, 0.6) is 0 Å². The number of hydrogen-bond acceptors (Lipinski definition) is 4. The van der Waals surface area contributed by atoms with Gasteiger partial charge in [-0.3, -0.25) is 9.59 Å². The zero-order chi connectivity index (χ0) is 21.1. The molecule has 0 aliphatic carbocycles. The summed E-state index contributed by atoms with van der Waals surface area (Å²) in [5, 5.41) is 5.39. The van der Waals surface area contributed by atoms with E-state index >= 15 is 0 Å². The highest BCUT2D eigenvalue weighted by molar-refractivity contribution is 9.10. The maximum atomic E-state index is 12.7. The molecule has 1 heterocycles. The lowest BCUT2D eigenvalue weighted by Gasteiger charge is -2.16. The van der Waals surface area contributed by atoms with Gasteiger partial charge in [0.15, 0.2) is 0 Å². The Balaban J connectivity index is 1.67. The lowest BCUT2D eigenvalue weighted by molar-refractivity contribution is -0.116. The monoisotopic (exact) mass is 471 g/mol. The summed E-state index contributed by atoms with van der Waals surface area (Å²) in [6.45, 7) is 5.94. The third-order valence-electron chi connectivity index (χ3n) is 4.53. The number of carbonyl (C=O) groups excluding carboxylic acids is 2. The number of nitrogens with zero attached hydrogens (tertiary/aromatic N) is 2. The summed E-state index contributed by atoms with van der Waals surface area (Å²) in [7, 11) is 1.60. The van der Waals surface area contributed by atoms with Gasteiger partial charge in [-0.05, 0) is 50.1 Å². The minimum atomic E-state index is -0.278. The number of rotatable bonds is 5. The molecule has 3 rings (SSSR count). The van der Waals surface area contributed by atoms with Crippen LogP contribution >= 0.6 is 27.3 Å². The number of halogens is 1. The third-order valence-corrected chi connectivity index (χ3v) is 5.89. The first-order valence-corrected chi connectivity index (χ1v) is 10.8. The van der Waals surface area contributed by atoms with Gasteiger partial charge >= 0.3 is 0 Å². The van der Waals surface area contributed by atoms with E-state index < -0.39 is 0 Å². The molecule has 0 aliphatic heterocycles. The fourth-order valence-electron chi connectivity index (χ4n) is 2.99. The van der Waals surface area contributed by atoms with E-state index in [0.717, 1.165) is 31.9 Å². The average molecular weight is 472 g/mol. The van der Waals surface area contributed by atoms with E-state index in [1.807, 2.05) is 51.1 Å². The van der Waals surface area contributed by atoms with Crippen LogP contribution in [0.1, 0.15) is 27.2 Å². The normalized spacial score (nSPS) is 10.7. The Hall–Kier alpha value is -2.51. The van der Waals surface area contributed by atoms with Crippen molar-refractivity contribution < 1.29 is 9.59 Å². The van der Waals surface area contributed by atoms with Crippen LogP contribution in [0.4, 0.5) is 5.69 Å². The number of amides is 2. The summed E-state index contributed by atoms with van der Waals surface area (Å²) in [4.78, 5) is 31.0. The lowest BCUT2D eigenvalue weighted by Crippen LogP contribution is -2.35. The van der Waals surface area contributed by atoms with Gasteiger partial charge in [0.1, 0.15) is 10.7 Å². The van der Waals surface area contributed by atoms with Gasteiger partial charge in [-0.15, -0.1) is 11.3 Å². The van der Waals surface area contributed by atoms with E-state index in [4.69, 9.17) is 0 Å². The molecule has 0 fully saturated rings. The molecule has 2 amide bonds. The van der Waals surface area contributed by atoms with E-state index in [0.29, 0.717) is 5.69 Å². The van der Waals surface area contributed by atoms with Crippen LogP contribution in [0.2, 0.25) is 0 Å². The van der Waals surface area contributed by atoms with Gasteiger partial charge in [-0.1, -0.05) is 39.7 Å². The largest absolute Gasteiger partial charge is 0.331 e. The minimum absolute atomic E-state index is 0.0508. The van der Waals surface area contributed by atoms with Gasteiger partial charge in [-0.2, -0.15) is 0 Å². The summed E-state index contributed by atoms with van der Waals surface area (Å²) in [6, 6.07) is 11.8. The van der Waals surface area contributed by atoms with Crippen LogP contribution in [-0.4, -0.2) is 35.3 Å². The third kappa shape index (κ3) is 5.10. The van der Waals surface area contributed by atoms with E-state index in [1.54, 1.807) is 12.4 Å². The number of carbonyl (C=O) groups is 2. The van der Waals surface area contributed by atoms with Crippen molar-refractivity contribution in [3.63, 3.8) is 0 Å². The predicted octanol–water partition coefficient (Wildman–Crippen LogP) is 5.21. The van der Waals surface area contributed by atoms with E-state index in [1.165, 1.54) is 21.8 Å². The molecule has 0 unspecified atom stereocenters. The Morgan fingerprint density at radius 2 is 1.86 bits per heavy atom. The number of aryl methyl sites for hydroxylation is 3. The highest BCUT2D eigenvalue weighted by Gasteiger charge is 2.19. The predicted molar refractivity (Wildman–Crippen MR) is 121 cm³/mol. The fraction of sp³-hybridized carbons (Fsp3) is 0.227. The maximum absolute atomic E-state index is 12.7. The molecule has 1 aromatic heterocycles. The first kappa shape index (κ1) is 21.2. The molecule has 0 atom stereocenters. The molecule has 2 aromatic carbocycles. The summed E-state index contributed by atoms with van der Waals surface area (Å²) >= 11 is 4.83. The molecular formula is C22H22BrN3O2S. The van der Waals surface area contributed by atoms with Crippen LogP contribution in [0.15, 0.2) is 46.3 Å². The van der Waals surface area contributed by atoms with E-state index in [-0.39, 0.29) is 18.4 Å². The van der Waals surface area contributed by atoms with Crippen LogP contribution < -0.4 is 5.32 Å². The number of benzene rings is 2. The smallest absolute Gasteiger partial charge is 0.273 e. The van der Waals surface area contributed by atoms with Gasteiger partial charge in [0.2, 0.25) is 5.91 Å². The molecule has 1 N–H and O–H groups in total. The van der Waals surface area contributed by atoms with Crippen molar-refractivity contribution in [3.05, 3.63) is 68.6 Å². The van der Waals surface area contributed by atoms with E-state index in [2.05, 4.69) is 32.3 Å². The SMILES string of the molecule is Cc1ccc(-c2nc(C(=O)N(C)CC(=O)Nc3ccc(Br)cc3C)cs2)c(C)c1. The Morgan fingerprint density at radius 3 is 2.55 bits per heavy atom. The Labute approximate surface area is 182 Å². The Morgan fingerprint density at radius 1 is 1.10 bits per heavy atom. The second-order valence-electron chi connectivity index (χ2n) is 7.02. The number of aromatic nitrogens is 1. The van der Waals surface area contributed by atoms with Gasteiger partial charge in [0.25, 0.3) is 5.91 Å². The number of likely N-dealkylation sites (N-methyl/N-ethyl adjacent to an activating group) is 1. The summed E-state index contributed by atoms with van der Waals surface area (Å²) in [5.74, 6) is -0.531. The van der Waals surface area contributed by atoms with Gasteiger partial charge in [-0.25, -0.2) is 4.98 Å². The Bertz CT molecular complexity index is 1080. The zero-order valence-electron chi connectivity index (χ0n) is 16.7. The Kier molecular flexibility index (Phi) is 6.49. The second kappa shape index (κ2) is 8.88. The molecule has 7 heteroatoms. The molecule has 0 aliphatic rings. The highest BCUT2D eigenvalue weighted by Crippen LogP contribution is 2.28. The van der Waals surface area contributed by atoms with E-state index in [9.17, 15) is 9.59 Å². The van der Waals surface area contributed by atoms with Gasteiger partial charge in [0.05, 0.1) is 6.54 Å². The minimum Gasteiger partial charge on any atom is -0.331 e. The van der Waals surface area contributed by atoms with Crippen LogP contribution in [0.25, 0.3) is 10.6 Å². The number of nitrogens with one attached hydrogen (secondary N) is 1. The number of anilines is 1. The topological polar surface area (TPSA) is 62.3 Å². The first-order chi connectivity index (χ1) is 13.7. The maximum Gasteiger partial charge on any atom is 0.273 e. The number of thiazole rings is 1. The fourth-order valence-corrected chi connectivity index (χ4v) is 4.35. The van der Waals surface area contributed by atoms with Crippen LogP contribution in [0, 0.1) is 20.8 Å². The summed E-state index contributed by atoms with van der Waals surface area (Å²) in [6.07, 6.45) is 0. The standard InChI is InChI=1S/C22H22BrN3O2S/c1-13-5-7-17(14(2)9-13)21-25-19(12-29-21)22(28)26(4)11-20(27)24-18-8-6-16(23)10-15(18)3/h5-10,12H,11H2,1-4H3,(H,24,27). The van der Waals surface area contributed by atoms with Crippen molar-refractivity contribution in [2.24, 2.45) is 0 Å². The molecule has 3 aromatic rings. The second-order valence-corrected chi connectivity index (χ2v) is 8.80. The quantitative estimate of drug-likeness (QED) is 0.555. The first-order valence-electron chi connectivity index (χ1n) is 9.09. The van der Waals surface area contributed by atoms with Gasteiger partial charge < -0.3 is 10.2 Å². The molecule has 0 spiro atoms. The van der Waals surface area contributed by atoms with Crippen molar-refractivity contribution in [2.45, 2.75) is 20.8 Å². The molecule has 150 valence electrons. The average Bonchev–Trinajstić information content (AvgIpc) is 3.13. The van der Waals surface area contributed by atoms with Gasteiger partial charge in [0, 0.05) is 28.2 Å². The summed E-state index contributed by atoms with van der Waals surface area (Å²) in [5.41, 5.74) is 5.34. The lowest BCUT2D eigenvalue weighted by atomic mass is 10.1. The van der Waals surface area contributed by atoms with Crippen molar-refractivity contribution >= 4 is 44.8 Å². The molecule has 0 radical (unpaired) electrons. The molecule has 5 nitrogen and oxygen atoms in total. The summed E-state index contributed by atoms with van der Waals surface area (Å²) < 4.78 is 0.948. The van der Waals surface area contributed by atoms with Crippen LogP contribution in [0.3, 0.4) is 0 Å². The molecule has 0 saturated carbocycles. The van der Waals surface area contributed by atoms with Crippen molar-refractivity contribution in [3.8, 4) is 10.6 Å². The molecule has 0 saturated heterocycles. The molecule has 29 heavy (non-hydrogen) atoms. The molecular weight excluding hydrogens is 450 g/mol. The zero-order valence-corrected chi connectivity index (χ0v) is 19.1. The van der Waals surface area contributed by atoms with Crippen LogP contribution in [-0.2, 0) is 4.79 Å². The highest BCUT2D eigenvalue weighted by atomic mass is 79.9. The number of hydrogen-bond donors (Lipinski definition) is 1. The van der Waals surface area contributed by atoms with Crippen molar-refractivity contribution in [1.82, 2.24) is 9.88 Å². The van der Waals surface area contributed by atoms with Crippen molar-refractivity contribution in [2.75, 3.05) is 18.9 Å².